The van der Waals surface area contributed by atoms with Crippen LogP contribution in [0.25, 0.3) is 0 Å². The second-order valence-corrected chi connectivity index (χ2v) is 8.42. The monoisotopic (exact) mass is 466 g/mol. The van der Waals surface area contributed by atoms with Gasteiger partial charge in [0, 0.05) is 6.54 Å². The van der Waals surface area contributed by atoms with Gasteiger partial charge in [-0.3, -0.25) is 14.3 Å². The zero-order chi connectivity index (χ0) is 23.0. The summed E-state index contributed by atoms with van der Waals surface area (Å²) in [6.45, 7) is 7.73. The highest BCUT2D eigenvalue weighted by Crippen LogP contribution is 2.32. The van der Waals surface area contributed by atoms with E-state index in [0.29, 0.717) is 0 Å². The Morgan fingerprint density at radius 3 is 2.00 bits per heavy atom. The van der Waals surface area contributed by atoms with Crippen LogP contribution in [0.3, 0.4) is 0 Å². The molecular formula is C17H24ClN2O9P. The Balaban J connectivity index is 3.43. The fourth-order valence-electron chi connectivity index (χ4n) is 2.03. The van der Waals surface area contributed by atoms with E-state index in [-0.39, 0.29) is 6.54 Å². The number of nitrogens with zero attached hydrogens (tertiary/aromatic N) is 1. The Hall–Kier alpha value is -2.52. The summed E-state index contributed by atoms with van der Waals surface area (Å²) in [5.74, 6) is 0. The van der Waals surface area contributed by atoms with Crippen LogP contribution in [-0.2, 0) is 30.1 Å². The van der Waals surface area contributed by atoms with Crippen LogP contribution >= 0.6 is 19.4 Å². The molecule has 0 radical (unpaired) electrons. The summed E-state index contributed by atoms with van der Waals surface area (Å²) in [5.41, 5.74) is -2.34. The first-order valence-corrected chi connectivity index (χ1v) is 10.8. The van der Waals surface area contributed by atoms with Crippen LogP contribution < -0.4 is 16.7 Å². The lowest BCUT2D eigenvalue weighted by atomic mass is 10.5. The summed E-state index contributed by atoms with van der Waals surface area (Å²) >= 11 is 5.98. The van der Waals surface area contributed by atoms with Crippen molar-refractivity contribution >= 4 is 37.1 Å². The number of nitrogens with one attached hydrogen (secondary N) is 1. The molecule has 1 aromatic rings. The van der Waals surface area contributed by atoms with Crippen LogP contribution in [0.15, 0.2) is 21.7 Å². The Morgan fingerprint density at radius 1 is 1.07 bits per heavy atom. The minimum absolute atomic E-state index is 0.100. The topological polar surface area (TPSA) is 143 Å². The van der Waals surface area contributed by atoms with E-state index in [1.807, 2.05) is 4.98 Å². The lowest BCUT2D eigenvalue weighted by molar-refractivity contribution is -0.0712. The van der Waals surface area contributed by atoms with Gasteiger partial charge in [0.2, 0.25) is 7.80 Å². The molecule has 0 aliphatic rings. The second-order valence-electron chi connectivity index (χ2n) is 6.37. The molecule has 0 bridgehead atoms. The molecule has 0 aliphatic carbocycles. The van der Waals surface area contributed by atoms with Gasteiger partial charge in [-0.05, 0) is 34.6 Å². The zero-order valence-corrected chi connectivity index (χ0v) is 18.8. The van der Waals surface area contributed by atoms with E-state index in [0.717, 1.165) is 4.57 Å². The van der Waals surface area contributed by atoms with Crippen molar-refractivity contribution < 1.29 is 33.1 Å². The van der Waals surface area contributed by atoms with Crippen molar-refractivity contribution in [1.82, 2.24) is 9.55 Å². The Bertz CT molecular complexity index is 912. The highest BCUT2D eigenvalue weighted by Gasteiger charge is 2.33. The molecule has 0 spiro atoms. The van der Waals surface area contributed by atoms with Crippen molar-refractivity contribution in [2.24, 2.45) is 0 Å². The number of hydrogen-bond donors (Lipinski definition) is 1. The van der Waals surface area contributed by atoms with Gasteiger partial charge in [-0.25, -0.2) is 14.4 Å². The first kappa shape index (κ1) is 25.5. The van der Waals surface area contributed by atoms with Gasteiger partial charge in [0.25, 0.3) is 5.56 Å². The third-order valence-corrected chi connectivity index (χ3v) is 5.34. The molecule has 0 aromatic carbocycles. The molecule has 1 heterocycles. The smallest absolute Gasteiger partial charge is 0.431 e. The molecule has 30 heavy (non-hydrogen) atoms. The van der Waals surface area contributed by atoms with E-state index in [1.165, 1.54) is 33.8 Å². The van der Waals surface area contributed by atoms with Crippen LogP contribution in [0.1, 0.15) is 34.6 Å². The number of allylic oxidation sites excluding steroid dienone is 2. The Kier molecular flexibility index (Phi) is 9.88. The average molecular weight is 467 g/mol. The van der Waals surface area contributed by atoms with E-state index in [4.69, 9.17) is 30.5 Å². The van der Waals surface area contributed by atoms with E-state index < -0.39 is 60.1 Å². The first-order chi connectivity index (χ1) is 14.0. The number of halogens is 1. The van der Waals surface area contributed by atoms with Gasteiger partial charge >= 0.3 is 24.0 Å². The van der Waals surface area contributed by atoms with Crippen molar-refractivity contribution in [3.8, 4) is 0 Å². The summed E-state index contributed by atoms with van der Waals surface area (Å²) in [4.78, 5) is 49.9. The average Bonchev–Trinajstić information content (AvgIpc) is 2.61. The largest absolute Gasteiger partial charge is 0.512 e. The van der Waals surface area contributed by atoms with Gasteiger partial charge in [0.05, 0.1) is 12.2 Å². The molecule has 0 saturated carbocycles. The fraction of sp³-hybridized carbons (Fsp3) is 0.529. The van der Waals surface area contributed by atoms with Crippen molar-refractivity contribution in [2.45, 2.75) is 59.4 Å². The van der Waals surface area contributed by atoms with Crippen LogP contribution in [0.2, 0.25) is 5.02 Å². The molecule has 1 atom stereocenters. The number of hydrogen-bond acceptors (Lipinski definition) is 9. The van der Waals surface area contributed by atoms with Crippen molar-refractivity contribution in [1.29, 1.82) is 0 Å². The molecule has 168 valence electrons. The molecular weight excluding hydrogens is 443 g/mol. The zero-order valence-electron chi connectivity index (χ0n) is 17.1. The van der Waals surface area contributed by atoms with Crippen LogP contribution in [0, 0.1) is 0 Å². The number of H-pyrrole nitrogens is 1. The minimum atomic E-state index is -3.52. The van der Waals surface area contributed by atoms with Gasteiger partial charge in [-0.1, -0.05) is 23.8 Å². The standard InChI is InChI=1S/C17H24ClN2O9P/c1-6-7-8-20-13(11(18)12(21)19-14(20)22)30(25)17(28-15(23)26-9(2)3)29-16(24)27-10(4)5/h6-7,9-10,17,30H,8H2,1-5H3,(H,19,21,22). The molecule has 0 fully saturated rings. The predicted octanol–water partition coefficient (Wildman–Crippen LogP) is 2.36. The number of rotatable bonds is 8. The van der Waals surface area contributed by atoms with Gasteiger partial charge in [-0.15, -0.1) is 0 Å². The Labute approximate surface area is 177 Å². The number of carbonyl (C=O) groups excluding carboxylic acids is 2. The quantitative estimate of drug-likeness (QED) is 0.264. The summed E-state index contributed by atoms with van der Waals surface area (Å²) in [5, 5.41) is -0.574. The lowest BCUT2D eigenvalue weighted by Gasteiger charge is -2.21. The first-order valence-electron chi connectivity index (χ1n) is 8.90. The van der Waals surface area contributed by atoms with Crippen LogP contribution in [0.5, 0.6) is 0 Å². The molecule has 11 nitrogen and oxygen atoms in total. The second kappa shape index (κ2) is 11.6. The van der Waals surface area contributed by atoms with E-state index in [1.54, 1.807) is 13.0 Å². The Morgan fingerprint density at radius 2 is 1.57 bits per heavy atom. The fourth-order valence-corrected chi connectivity index (χ4v) is 3.88. The summed E-state index contributed by atoms with van der Waals surface area (Å²) < 4.78 is 33.5. The van der Waals surface area contributed by atoms with Crippen molar-refractivity contribution in [2.75, 3.05) is 0 Å². The van der Waals surface area contributed by atoms with Crippen molar-refractivity contribution in [3.05, 3.63) is 38.0 Å². The molecule has 1 unspecified atom stereocenters. The molecule has 0 aliphatic heterocycles. The van der Waals surface area contributed by atoms with E-state index in [2.05, 4.69) is 0 Å². The van der Waals surface area contributed by atoms with E-state index >= 15 is 0 Å². The summed E-state index contributed by atoms with van der Waals surface area (Å²) in [6.07, 6.45) is -0.594. The van der Waals surface area contributed by atoms with Crippen LogP contribution in [-0.4, -0.2) is 40.1 Å². The summed E-state index contributed by atoms with van der Waals surface area (Å²) in [7, 11) is -3.52. The minimum Gasteiger partial charge on any atom is -0.431 e. The number of ether oxygens (including phenoxy) is 4. The van der Waals surface area contributed by atoms with Gasteiger partial charge in [0.15, 0.2) is 0 Å². The van der Waals surface area contributed by atoms with Gasteiger partial charge in [0.1, 0.15) is 10.5 Å². The van der Waals surface area contributed by atoms with Gasteiger partial charge in [-0.2, -0.15) is 0 Å². The lowest BCUT2D eigenvalue weighted by Crippen LogP contribution is -2.41. The molecule has 0 amide bonds. The molecule has 1 aromatic heterocycles. The third-order valence-electron chi connectivity index (χ3n) is 3.18. The highest BCUT2D eigenvalue weighted by atomic mass is 35.5. The maximum Gasteiger partial charge on any atom is 0.512 e. The third kappa shape index (κ3) is 7.38. The summed E-state index contributed by atoms with van der Waals surface area (Å²) in [6, 6.07) is -2.04. The number of aromatic nitrogens is 2. The molecule has 13 heteroatoms. The normalized spacial score (nSPS) is 12.4. The van der Waals surface area contributed by atoms with Crippen LogP contribution in [0.4, 0.5) is 9.59 Å². The van der Waals surface area contributed by atoms with Crippen molar-refractivity contribution in [3.63, 3.8) is 0 Å². The molecule has 0 saturated heterocycles. The molecule has 1 N–H and O–H groups in total. The maximum absolute atomic E-state index is 13.2. The highest BCUT2D eigenvalue weighted by molar-refractivity contribution is 7.54. The maximum atomic E-state index is 13.2. The van der Waals surface area contributed by atoms with E-state index in [9.17, 15) is 23.7 Å². The van der Waals surface area contributed by atoms with Gasteiger partial charge < -0.3 is 23.5 Å². The SMILES string of the molecule is CC=CCn1c([PH](=O)C(OC(=O)OC(C)C)OC(=O)OC(C)C)c(Cl)c(=O)[nH]c1=O. The number of aromatic amines is 1. The predicted molar refractivity (Wildman–Crippen MR) is 109 cm³/mol. The molecule has 1 rings (SSSR count). The number of carbonyl (C=O) groups is 2.